The second-order valence-corrected chi connectivity index (χ2v) is 7.05. The Hall–Kier alpha value is -2.63. The summed E-state index contributed by atoms with van der Waals surface area (Å²) in [5, 5.41) is 10.3. The third kappa shape index (κ3) is 4.12. The molecule has 0 saturated carbocycles. The molecule has 1 heterocycles. The molecule has 0 saturated heterocycles. The van der Waals surface area contributed by atoms with Crippen LogP contribution in [0.4, 0.5) is 0 Å². The van der Waals surface area contributed by atoms with Gasteiger partial charge in [-0.25, -0.2) is 0 Å². The molecule has 2 unspecified atom stereocenters. The van der Waals surface area contributed by atoms with Crippen molar-refractivity contribution >= 4 is 11.8 Å². The predicted octanol–water partition coefficient (Wildman–Crippen LogP) is 2.49. The highest BCUT2D eigenvalue weighted by atomic mass is 16.2. The van der Waals surface area contributed by atoms with Crippen LogP contribution in [0.2, 0.25) is 0 Å². The van der Waals surface area contributed by atoms with Gasteiger partial charge in [-0.2, -0.15) is 5.10 Å². The molecule has 6 nitrogen and oxygen atoms in total. The zero-order valence-electron chi connectivity index (χ0n) is 15.6. The van der Waals surface area contributed by atoms with Crippen LogP contribution in [0.5, 0.6) is 0 Å². The second-order valence-electron chi connectivity index (χ2n) is 7.05. The van der Waals surface area contributed by atoms with Gasteiger partial charge in [-0.1, -0.05) is 29.8 Å². The molecule has 26 heavy (non-hydrogen) atoms. The van der Waals surface area contributed by atoms with Gasteiger partial charge in [0.1, 0.15) is 0 Å². The standard InChI is InChI=1S/C20H26N4O2/c1-13-7-9-15(10-8-13)18(22-14(2)25)11-20(26)23-17-5-4-6-19-16(17)12-21-24(19)3/h7-10,12,17-18H,4-6,11H2,1-3H3,(H,22,25)(H,23,26). The minimum absolute atomic E-state index is 0.00375. The molecule has 6 heteroatoms. The zero-order valence-corrected chi connectivity index (χ0v) is 15.6. The Balaban J connectivity index is 1.70. The number of carbonyl (C=O) groups excluding carboxylic acids is 2. The summed E-state index contributed by atoms with van der Waals surface area (Å²) in [5.41, 5.74) is 4.38. The van der Waals surface area contributed by atoms with Crippen molar-refractivity contribution in [2.24, 2.45) is 7.05 Å². The van der Waals surface area contributed by atoms with E-state index >= 15 is 0 Å². The third-order valence-electron chi connectivity index (χ3n) is 4.96. The Kier molecular flexibility index (Phi) is 5.40. The Bertz CT molecular complexity index is 795. The van der Waals surface area contributed by atoms with Gasteiger partial charge >= 0.3 is 0 Å². The number of amides is 2. The number of carbonyl (C=O) groups is 2. The van der Waals surface area contributed by atoms with E-state index in [0.29, 0.717) is 0 Å². The summed E-state index contributed by atoms with van der Waals surface area (Å²) in [7, 11) is 1.94. The monoisotopic (exact) mass is 354 g/mol. The maximum Gasteiger partial charge on any atom is 0.222 e. The lowest BCUT2D eigenvalue weighted by atomic mass is 9.92. The van der Waals surface area contributed by atoms with Gasteiger partial charge in [-0.15, -0.1) is 0 Å². The lowest BCUT2D eigenvalue weighted by Gasteiger charge is -2.25. The first-order valence-electron chi connectivity index (χ1n) is 9.08. The fourth-order valence-electron chi connectivity index (χ4n) is 3.59. The molecule has 2 N–H and O–H groups in total. The molecular formula is C20H26N4O2. The van der Waals surface area contributed by atoms with Crippen molar-refractivity contribution in [2.75, 3.05) is 0 Å². The topological polar surface area (TPSA) is 76.0 Å². The number of benzene rings is 1. The van der Waals surface area contributed by atoms with Crippen LogP contribution in [0, 0.1) is 6.92 Å². The highest BCUT2D eigenvalue weighted by Gasteiger charge is 2.26. The second kappa shape index (κ2) is 7.72. The average molecular weight is 354 g/mol. The normalized spacial score (nSPS) is 17.3. The fourth-order valence-corrected chi connectivity index (χ4v) is 3.59. The van der Waals surface area contributed by atoms with Crippen LogP contribution >= 0.6 is 0 Å². The summed E-state index contributed by atoms with van der Waals surface area (Å²) >= 11 is 0. The molecular weight excluding hydrogens is 328 g/mol. The number of hydrogen-bond acceptors (Lipinski definition) is 3. The molecule has 138 valence electrons. The van der Waals surface area contributed by atoms with Crippen molar-refractivity contribution in [3.8, 4) is 0 Å². The molecule has 1 aromatic carbocycles. The van der Waals surface area contributed by atoms with E-state index < -0.39 is 0 Å². The first-order valence-corrected chi connectivity index (χ1v) is 9.08. The maximum absolute atomic E-state index is 12.7. The number of hydrogen-bond donors (Lipinski definition) is 2. The van der Waals surface area contributed by atoms with Gasteiger partial charge in [0, 0.05) is 25.2 Å². The van der Waals surface area contributed by atoms with Crippen molar-refractivity contribution in [1.29, 1.82) is 0 Å². The first-order chi connectivity index (χ1) is 12.4. The largest absolute Gasteiger partial charge is 0.349 e. The van der Waals surface area contributed by atoms with Gasteiger partial charge in [-0.05, 0) is 31.7 Å². The minimum Gasteiger partial charge on any atom is -0.349 e. The lowest BCUT2D eigenvalue weighted by molar-refractivity contribution is -0.123. The highest BCUT2D eigenvalue weighted by molar-refractivity contribution is 5.79. The fraction of sp³-hybridized carbons (Fsp3) is 0.450. The van der Waals surface area contributed by atoms with Gasteiger partial charge < -0.3 is 10.6 Å². The third-order valence-corrected chi connectivity index (χ3v) is 4.96. The molecule has 2 amide bonds. The summed E-state index contributed by atoms with van der Waals surface area (Å²) in [6.07, 6.45) is 5.01. The summed E-state index contributed by atoms with van der Waals surface area (Å²) in [6, 6.07) is 7.57. The molecule has 0 bridgehead atoms. The SMILES string of the molecule is CC(=O)NC(CC(=O)NC1CCCc2c1cnn2C)c1ccc(C)cc1. The molecule has 3 rings (SSSR count). The van der Waals surface area contributed by atoms with Gasteiger partial charge in [0.2, 0.25) is 11.8 Å². The van der Waals surface area contributed by atoms with Gasteiger partial charge in [0.05, 0.1) is 24.7 Å². The molecule has 0 fully saturated rings. The molecule has 1 aliphatic carbocycles. The van der Waals surface area contributed by atoms with E-state index in [2.05, 4.69) is 15.7 Å². The van der Waals surface area contributed by atoms with Crippen LogP contribution in [0.1, 0.15) is 60.7 Å². The van der Waals surface area contributed by atoms with Crippen molar-refractivity contribution in [2.45, 2.75) is 51.6 Å². The van der Waals surface area contributed by atoms with E-state index in [1.165, 1.54) is 12.6 Å². The molecule has 1 aliphatic rings. The number of nitrogens with one attached hydrogen (secondary N) is 2. The summed E-state index contributed by atoms with van der Waals surface area (Å²) in [4.78, 5) is 24.2. The van der Waals surface area contributed by atoms with Crippen molar-refractivity contribution in [3.63, 3.8) is 0 Å². The van der Waals surface area contributed by atoms with E-state index in [-0.39, 0.29) is 30.3 Å². The minimum atomic E-state index is -0.329. The highest BCUT2D eigenvalue weighted by Crippen LogP contribution is 2.29. The molecule has 2 aromatic rings. The number of aromatic nitrogens is 2. The Morgan fingerprint density at radius 2 is 2.04 bits per heavy atom. The Morgan fingerprint density at radius 1 is 1.31 bits per heavy atom. The number of fused-ring (bicyclic) bond motifs is 1. The number of nitrogens with zero attached hydrogens (tertiary/aromatic N) is 2. The maximum atomic E-state index is 12.7. The van der Waals surface area contributed by atoms with Crippen LogP contribution in [0.3, 0.4) is 0 Å². The van der Waals surface area contributed by atoms with Gasteiger partial charge in [-0.3, -0.25) is 14.3 Å². The lowest BCUT2D eigenvalue weighted by Crippen LogP contribution is -2.35. The molecule has 0 radical (unpaired) electrons. The smallest absolute Gasteiger partial charge is 0.222 e. The molecule has 0 spiro atoms. The predicted molar refractivity (Wildman–Crippen MR) is 99.4 cm³/mol. The average Bonchev–Trinajstić information content (AvgIpc) is 2.97. The van der Waals surface area contributed by atoms with Crippen molar-refractivity contribution < 1.29 is 9.59 Å². The summed E-state index contributed by atoms with van der Waals surface area (Å²) in [6.45, 7) is 3.49. The van der Waals surface area contributed by atoms with E-state index in [1.54, 1.807) is 0 Å². The van der Waals surface area contributed by atoms with Crippen LogP contribution in [-0.2, 0) is 23.1 Å². The zero-order chi connectivity index (χ0) is 18.7. The quantitative estimate of drug-likeness (QED) is 0.866. The van der Waals surface area contributed by atoms with Gasteiger partial charge in [0.15, 0.2) is 0 Å². The Morgan fingerprint density at radius 3 is 2.73 bits per heavy atom. The molecule has 1 aromatic heterocycles. The molecule has 2 atom stereocenters. The van der Waals surface area contributed by atoms with E-state index in [4.69, 9.17) is 0 Å². The van der Waals surface area contributed by atoms with E-state index in [0.717, 1.165) is 36.0 Å². The van der Waals surface area contributed by atoms with Crippen molar-refractivity contribution in [1.82, 2.24) is 20.4 Å². The number of rotatable bonds is 5. The number of aryl methyl sites for hydroxylation is 2. The van der Waals surface area contributed by atoms with E-state index in [1.807, 2.05) is 49.1 Å². The van der Waals surface area contributed by atoms with Crippen molar-refractivity contribution in [3.05, 3.63) is 52.8 Å². The van der Waals surface area contributed by atoms with Gasteiger partial charge in [0.25, 0.3) is 0 Å². The Labute approximate surface area is 154 Å². The summed E-state index contributed by atoms with van der Waals surface area (Å²) < 4.78 is 1.89. The summed E-state index contributed by atoms with van der Waals surface area (Å²) in [5.74, 6) is -0.207. The van der Waals surface area contributed by atoms with Crippen LogP contribution in [-0.4, -0.2) is 21.6 Å². The molecule has 0 aliphatic heterocycles. The van der Waals surface area contributed by atoms with Crippen LogP contribution in [0.25, 0.3) is 0 Å². The van der Waals surface area contributed by atoms with E-state index in [9.17, 15) is 9.59 Å². The van der Waals surface area contributed by atoms with Crippen LogP contribution < -0.4 is 10.6 Å². The first kappa shape index (κ1) is 18.2. The van der Waals surface area contributed by atoms with Crippen LogP contribution in [0.15, 0.2) is 30.5 Å².